The van der Waals surface area contributed by atoms with E-state index in [1.165, 1.54) is 23.9 Å². The first kappa shape index (κ1) is 12.5. The van der Waals surface area contributed by atoms with Crippen LogP contribution in [-0.4, -0.2) is 10.2 Å². The lowest BCUT2D eigenvalue weighted by atomic mass is 10.1. The zero-order chi connectivity index (χ0) is 13.1. The van der Waals surface area contributed by atoms with Gasteiger partial charge >= 0.3 is 0 Å². The van der Waals surface area contributed by atoms with Crippen LogP contribution in [0.2, 0.25) is 0 Å². The Morgan fingerprint density at radius 1 is 1.17 bits per heavy atom. The molecule has 0 N–H and O–H groups in total. The zero-order valence-electron chi connectivity index (χ0n) is 9.94. The number of hydrogen-bond donors (Lipinski definition) is 0. The first-order valence-electron chi connectivity index (χ1n) is 5.29. The van der Waals surface area contributed by atoms with Gasteiger partial charge in [0.2, 0.25) is 0 Å². The summed E-state index contributed by atoms with van der Waals surface area (Å²) < 4.78 is 12.8. The molecule has 0 saturated carbocycles. The van der Waals surface area contributed by atoms with Gasteiger partial charge in [-0.15, -0.1) is 5.10 Å². The third-order valence-electron chi connectivity index (χ3n) is 2.56. The average molecular weight is 259 g/mol. The molecule has 90 valence electrons. The van der Waals surface area contributed by atoms with Crippen LogP contribution < -0.4 is 0 Å². The summed E-state index contributed by atoms with van der Waals surface area (Å²) >= 11 is 1.31. The van der Waals surface area contributed by atoms with Crippen molar-refractivity contribution in [3.63, 3.8) is 0 Å². The highest BCUT2D eigenvalue weighted by molar-refractivity contribution is 7.99. The summed E-state index contributed by atoms with van der Waals surface area (Å²) in [5.74, 6) is -0.286. The third kappa shape index (κ3) is 2.49. The normalized spacial score (nSPS) is 10.1. The highest BCUT2D eigenvalue weighted by atomic mass is 32.2. The summed E-state index contributed by atoms with van der Waals surface area (Å²) in [6, 6.07) is 8.20. The molecule has 1 heterocycles. The minimum atomic E-state index is -0.286. The van der Waals surface area contributed by atoms with Gasteiger partial charge in [0.25, 0.3) is 0 Å². The van der Waals surface area contributed by atoms with E-state index in [0.717, 1.165) is 16.2 Å². The summed E-state index contributed by atoms with van der Waals surface area (Å²) in [6.45, 7) is 3.66. The molecule has 0 radical (unpaired) electrons. The second-order valence-corrected chi connectivity index (χ2v) is 4.82. The first-order chi connectivity index (χ1) is 8.61. The maximum Gasteiger partial charge on any atom is 0.142 e. The van der Waals surface area contributed by atoms with E-state index in [2.05, 4.69) is 16.3 Å². The number of aromatic nitrogens is 2. The molecule has 0 aliphatic heterocycles. The van der Waals surface area contributed by atoms with Crippen LogP contribution in [0.4, 0.5) is 4.39 Å². The second kappa shape index (κ2) is 5.15. The number of nitrogens with zero attached hydrogens (tertiary/aromatic N) is 3. The maximum absolute atomic E-state index is 12.8. The standard InChI is InChI=1S/C13H10FN3S/c1-8-9(2)16-17-13(12(8)7-15)18-11-5-3-10(14)4-6-11/h3-6H,1-2H3. The van der Waals surface area contributed by atoms with Gasteiger partial charge in [-0.2, -0.15) is 10.4 Å². The van der Waals surface area contributed by atoms with Crippen LogP contribution in [0.15, 0.2) is 34.2 Å². The maximum atomic E-state index is 12.8. The summed E-state index contributed by atoms with van der Waals surface area (Å²) in [6.07, 6.45) is 0. The fourth-order valence-corrected chi connectivity index (χ4v) is 2.28. The highest BCUT2D eigenvalue weighted by Gasteiger charge is 2.12. The van der Waals surface area contributed by atoms with Gasteiger partial charge in [-0.3, -0.25) is 0 Å². The predicted molar refractivity (Wildman–Crippen MR) is 66.7 cm³/mol. The van der Waals surface area contributed by atoms with E-state index in [1.54, 1.807) is 12.1 Å². The number of benzene rings is 1. The van der Waals surface area contributed by atoms with Gasteiger partial charge in [0.1, 0.15) is 16.9 Å². The predicted octanol–water partition coefficient (Wildman–Crippen LogP) is 3.26. The topological polar surface area (TPSA) is 49.6 Å². The molecule has 1 aromatic carbocycles. The number of halogens is 1. The lowest BCUT2D eigenvalue weighted by molar-refractivity contribution is 0.626. The van der Waals surface area contributed by atoms with Crippen LogP contribution in [0.25, 0.3) is 0 Å². The zero-order valence-corrected chi connectivity index (χ0v) is 10.8. The van der Waals surface area contributed by atoms with Crippen LogP contribution in [0.3, 0.4) is 0 Å². The lowest BCUT2D eigenvalue weighted by Gasteiger charge is -2.06. The molecule has 0 spiro atoms. The number of hydrogen-bond acceptors (Lipinski definition) is 4. The van der Waals surface area contributed by atoms with Gasteiger partial charge in [0, 0.05) is 4.90 Å². The number of nitriles is 1. The van der Waals surface area contributed by atoms with Crippen LogP contribution in [0.5, 0.6) is 0 Å². The van der Waals surface area contributed by atoms with Gasteiger partial charge in [0.15, 0.2) is 0 Å². The molecule has 0 amide bonds. The summed E-state index contributed by atoms with van der Waals surface area (Å²) in [5.41, 5.74) is 2.10. The van der Waals surface area contributed by atoms with Gasteiger partial charge in [-0.1, -0.05) is 11.8 Å². The van der Waals surface area contributed by atoms with E-state index in [4.69, 9.17) is 5.26 Å². The average Bonchev–Trinajstić information content (AvgIpc) is 2.37. The van der Waals surface area contributed by atoms with Crippen molar-refractivity contribution in [3.8, 4) is 6.07 Å². The van der Waals surface area contributed by atoms with Gasteiger partial charge in [-0.05, 0) is 43.7 Å². The minimum absolute atomic E-state index is 0.286. The van der Waals surface area contributed by atoms with Crippen molar-refractivity contribution in [1.82, 2.24) is 10.2 Å². The van der Waals surface area contributed by atoms with E-state index >= 15 is 0 Å². The second-order valence-electron chi connectivity index (χ2n) is 3.76. The van der Waals surface area contributed by atoms with E-state index in [-0.39, 0.29) is 5.82 Å². The van der Waals surface area contributed by atoms with Crippen molar-refractivity contribution in [3.05, 3.63) is 46.9 Å². The van der Waals surface area contributed by atoms with Crippen LogP contribution in [-0.2, 0) is 0 Å². The molecule has 0 aliphatic rings. The Balaban J connectivity index is 2.38. The molecular formula is C13H10FN3S. The molecule has 0 unspecified atom stereocenters. The Labute approximate surface area is 109 Å². The van der Waals surface area contributed by atoms with Gasteiger partial charge < -0.3 is 0 Å². The van der Waals surface area contributed by atoms with Crippen molar-refractivity contribution in [2.75, 3.05) is 0 Å². The molecule has 0 saturated heterocycles. The number of aryl methyl sites for hydroxylation is 1. The molecule has 0 atom stereocenters. The summed E-state index contributed by atoms with van der Waals surface area (Å²) in [4.78, 5) is 0.824. The van der Waals surface area contributed by atoms with E-state index < -0.39 is 0 Å². The molecule has 0 fully saturated rings. The fraction of sp³-hybridized carbons (Fsp3) is 0.154. The molecule has 2 aromatic rings. The molecule has 18 heavy (non-hydrogen) atoms. The Morgan fingerprint density at radius 2 is 1.83 bits per heavy atom. The van der Waals surface area contributed by atoms with Gasteiger partial charge in [-0.25, -0.2) is 4.39 Å². The van der Waals surface area contributed by atoms with Gasteiger partial charge in [0.05, 0.1) is 11.3 Å². The first-order valence-corrected chi connectivity index (χ1v) is 6.11. The fourth-order valence-electron chi connectivity index (χ4n) is 1.40. The SMILES string of the molecule is Cc1nnc(Sc2ccc(F)cc2)c(C#N)c1C. The monoisotopic (exact) mass is 259 g/mol. The molecule has 0 bridgehead atoms. The van der Waals surface area contributed by atoms with Crippen molar-refractivity contribution in [1.29, 1.82) is 5.26 Å². The summed E-state index contributed by atoms with van der Waals surface area (Å²) in [7, 11) is 0. The smallest absolute Gasteiger partial charge is 0.142 e. The quantitative estimate of drug-likeness (QED) is 0.830. The van der Waals surface area contributed by atoms with Crippen LogP contribution >= 0.6 is 11.8 Å². The minimum Gasteiger partial charge on any atom is -0.207 e. The Bertz CT molecular complexity index is 617. The molecule has 3 nitrogen and oxygen atoms in total. The van der Waals surface area contributed by atoms with Crippen LogP contribution in [0, 0.1) is 31.0 Å². The summed E-state index contributed by atoms with van der Waals surface area (Å²) in [5, 5.41) is 17.7. The molecule has 0 aliphatic carbocycles. The molecular weight excluding hydrogens is 249 g/mol. The molecule has 1 aromatic heterocycles. The Hall–Kier alpha value is -1.93. The largest absolute Gasteiger partial charge is 0.207 e. The lowest BCUT2D eigenvalue weighted by Crippen LogP contribution is -1.98. The third-order valence-corrected chi connectivity index (χ3v) is 3.55. The highest BCUT2D eigenvalue weighted by Crippen LogP contribution is 2.29. The van der Waals surface area contributed by atoms with E-state index in [1.807, 2.05) is 13.8 Å². The van der Waals surface area contributed by atoms with Crippen LogP contribution in [0.1, 0.15) is 16.8 Å². The van der Waals surface area contributed by atoms with Crippen molar-refractivity contribution >= 4 is 11.8 Å². The van der Waals surface area contributed by atoms with Crippen molar-refractivity contribution in [2.45, 2.75) is 23.8 Å². The van der Waals surface area contributed by atoms with E-state index in [0.29, 0.717) is 10.6 Å². The van der Waals surface area contributed by atoms with Crippen molar-refractivity contribution < 1.29 is 4.39 Å². The van der Waals surface area contributed by atoms with E-state index in [9.17, 15) is 4.39 Å². The molecule has 5 heteroatoms. The number of rotatable bonds is 2. The Morgan fingerprint density at radius 3 is 2.44 bits per heavy atom. The Kier molecular flexibility index (Phi) is 3.58. The molecule has 2 rings (SSSR count). The van der Waals surface area contributed by atoms with Crippen molar-refractivity contribution in [2.24, 2.45) is 0 Å².